The van der Waals surface area contributed by atoms with Crippen LogP contribution in [0.4, 0.5) is 0 Å². The standard InChI is InChI=1S/C13H17NOS2/c1-13(2)8-4-3-7(5-8)9(13)6-10-11(15)14-12(16)17-10/h6-9H,3-5H2,1-2H3,(H,14,15,16)/b10-6+/t7-,8+,9?/m1/s1. The highest BCUT2D eigenvalue weighted by molar-refractivity contribution is 8.26. The molecule has 3 aliphatic rings. The van der Waals surface area contributed by atoms with Gasteiger partial charge in [-0.1, -0.05) is 43.9 Å². The van der Waals surface area contributed by atoms with Gasteiger partial charge in [0.1, 0.15) is 4.32 Å². The van der Waals surface area contributed by atoms with E-state index in [2.05, 4.69) is 25.2 Å². The first-order valence-corrected chi connectivity index (χ1v) is 7.46. The highest BCUT2D eigenvalue weighted by Gasteiger charge is 2.52. The van der Waals surface area contributed by atoms with Crippen LogP contribution in [0, 0.1) is 23.2 Å². The minimum Gasteiger partial charge on any atom is -0.307 e. The molecule has 1 heterocycles. The molecule has 1 unspecified atom stereocenters. The molecule has 17 heavy (non-hydrogen) atoms. The summed E-state index contributed by atoms with van der Waals surface area (Å²) in [5.74, 6) is 2.18. The van der Waals surface area contributed by atoms with Crippen LogP contribution < -0.4 is 5.32 Å². The van der Waals surface area contributed by atoms with Crippen LogP contribution in [0.5, 0.6) is 0 Å². The summed E-state index contributed by atoms with van der Waals surface area (Å²) in [6.07, 6.45) is 6.25. The van der Waals surface area contributed by atoms with Gasteiger partial charge in [0.2, 0.25) is 0 Å². The van der Waals surface area contributed by atoms with Gasteiger partial charge in [-0.15, -0.1) is 0 Å². The second kappa shape index (κ2) is 3.82. The second-order valence-corrected chi connectivity index (χ2v) is 7.71. The summed E-state index contributed by atoms with van der Waals surface area (Å²) >= 11 is 6.45. The van der Waals surface area contributed by atoms with Crippen LogP contribution in [0.1, 0.15) is 33.1 Å². The molecule has 2 aliphatic carbocycles. The van der Waals surface area contributed by atoms with Crippen molar-refractivity contribution in [2.45, 2.75) is 33.1 Å². The molecule has 2 saturated carbocycles. The Bertz CT molecular complexity index is 427. The maximum absolute atomic E-state index is 11.7. The predicted octanol–water partition coefficient (Wildman–Crippen LogP) is 3.09. The Balaban J connectivity index is 1.88. The number of fused-ring (bicyclic) bond motifs is 2. The molecule has 1 aliphatic heterocycles. The molecule has 0 aromatic heterocycles. The summed E-state index contributed by atoms with van der Waals surface area (Å²) in [6.45, 7) is 4.71. The van der Waals surface area contributed by atoms with Crippen molar-refractivity contribution in [2.24, 2.45) is 23.2 Å². The van der Waals surface area contributed by atoms with Crippen molar-refractivity contribution in [1.82, 2.24) is 5.32 Å². The Kier molecular flexibility index (Phi) is 2.63. The van der Waals surface area contributed by atoms with E-state index >= 15 is 0 Å². The van der Waals surface area contributed by atoms with Crippen molar-refractivity contribution >= 4 is 34.2 Å². The lowest BCUT2D eigenvalue weighted by atomic mass is 9.68. The Hall–Kier alpha value is -0.350. The van der Waals surface area contributed by atoms with Gasteiger partial charge in [0.25, 0.3) is 5.91 Å². The zero-order valence-electron chi connectivity index (χ0n) is 10.2. The van der Waals surface area contributed by atoms with Crippen LogP contribution in [0.2, 0.25) is 0 Å². The molecule has 0 aromatic rings. The summed E-state index contributed by atoms with van der Waals surface area (Å²) < 4.78 is 0.599. The van der Waals surface area contributed by atoms with Gasteiger partial charge in [0, 0.05) is 0 Å². The number of hydrogen-bond acceptors (Lipinski definition) is 3. The fraction of sp³-hybridized carbons (Fsp3) is 0.692. The summed E-state index contributed by atoms with van der Waals surface area (Å²) in [6, 6.07) is 0. The third-order valence-electron chi connectivity index (χ3n) is 4.87. The van der Waals surface area contributed by atoms with Crippen molar-refractivity contribution in [3.63, 3.8) is 0 Å². The van der Waals surface area contributed by atoms with Crippen LogP contribution in [0.3, 0.4) is 0 Å². The molecule has 2 bridgehead atoms. The lowest BCUT2D eigenvalue weighted by Gasteiger charge is -2.36. The second-order valence-electron chi connectivity index (χ2n) is 5.99. The first kappa shape index (κ1) is 11.7. The highest BCUT2D eigenvalue weighted by atomic mass is 32.2. The smallest absolute Gasteiger partial charge is 0.263 e. The number of amides is 1. The minimum atomic E-state index is -0.00132. The number of thioether (sulfide) groups is 1. The summed E-state index contributed by atoms with van der Waals surface area (Å²) in [4.78, 5) is 12.5. The van der Waals surface area contributed by atoms with Gasteiger partial charge >= 0.3 is 0 Å². The highest BCUT2D eigenvalue weighted by Crippen LogP contribution is 2.60. The van der Waals surface area contributed by atoms with E-state index in [1.54, 1.807) is 0 Å². The van der Waals surface area contributed by atoms with Gasteiger partial charge in [0.05, 0.1) is 4.91 Å². The Morgan fingerprint density at radius 1 is 1.47 bits per heavy atom. The number of allylic oxidation sites excluding steroid dienone is 1. The number of rotatable bonds is 1. The van der Waals surface area contributed by atoms with Crippen molar-refractivity contribution < 1.29 is 4.79 Å². The average molecular weight is 267 g/mol. The largest absolute Gasteiger partial charge is 0.307 e. The van der Waals surface area contributed by atoms with Crippen LogP contribution in [0.25, 0.3) is 0 Å². The molecule has 3 rings (SSSR count). The maximum atomic E-state index is 11.7. The van der Waals surface area contributed by atoms with Crippen molar-refractivity contribution in [3.05, 3.63) is 11.0 Å². The van der Waals surface area contributed by atoms with Crippen LogP contribution in [-0.2, 0) is 4.79 Å². The van der Waals surface area contributed by atoms with E-state index in [0.717, 1.165) is 16.7 Å². The number of carbonyl (C=O) groups excluding carboxylic acids is 1. The third-order valence-corrected chi connectivity index (χ3v) is 6.05. The zero-order valence-corrected chi connectivity index (χ0v) is 11.8. The molecule has 0 aromatic carbocycles. The molecule has 0 radical (unpaired) electrons. The first-order chi connectivity index (χ1) is 7.98. The predicted molar refractivity (Wildman–Crippen MR) is 74.5 cm³/mol. The third kappa shape index (κ3) is 1.76. The molecule has 4 heteroatoms. The normalized spacial score (nSPS) is 41.3. The number of thiocarbonyl (C=S) groups is 1. The first-order valence-electron chi connectivity index (χ1n) is 6.23. The van der Waals surface area contributed by atoms with Crippen molar-refractivity contribution in [3.8, 4) is 0 Å². The molecule has 3 fully saturated rings. The lowest BCUT2D eigenvalue weighted by molar-refractivity contribution is -0.115. The van der Waals surface area contributed by atoms with Gasteiger partial charge in [-0.3, -0.25) is 4.79 Å². The van der Waals surface area contributed by atoms with Crippen molar-refractivity contribution in [1.29, 1.82) is 0 Å². The van der Waals surface area contributed by atoms with E-state index < -0.39 is 0 Å². The van der Waals surface area contributed by atoms with E-state index in [1.165, 1.54) is 31.0 Å². The SMILES string of the molecule is CC1(C)C(/C=C2/SC(=S)NC2=O)[C@@H]2CC[C@H]1C2. The Labute approximate surface area is 112 Å². The number of nitrogens with one attached hydrogen (secondary N) is 1. The van der Waals surface area contributed by atoms with Gasteiger partial charge in [-0.25, -0.2) is 0 Å². The van der Waals surface area contributed by atoms with Gasteiger partial charge in [-0.2, -0.15) is 0 Å². The summed E-state index contributed by atoms with van der Waals surface area (Å²) in [5.41, 5.74) is 0.348. The van der Waals surface area contributed by atoms with Crippen molar-refractivity contribution in [2.75, 3.05) is 0 Å². The molecular formula is C13H17NOS2. The molecule has 1 N–H and O–H groups in total. The van der Waals surface area contributed by atoms with Gasteiger partial charge < -0.3 is 5.32 Å². The fourth-order valence-corrected chi connectivity index (χ4v) is 4.91. The lowest BCUT2D eigenvalue weighted by Crippen LogP contribution is -2.29. The van der Waals surface area contributed by atoms with E-state index in [-0.39, 0.29) is 5.91 Å². The molecular weight excluding hydrogens is 250 g/mol. The molecule has 3 atom stereocenters. The monoisotopic (exact) mass is 267 g/mol. The van der Waals surface area contributed by atoms with E-state index in [1.807, 2.05) is 0 Å². The molecule has 92 valence electrons. The van der Waals surface area contributed by atoms with Crippen LogP contribution in [-0.4, -0.2) is 10.2 Å². The molecule has 2 nitrogen and oxygen atoms in total. The number of hydrogen-bond donors (Lipinski definition) is 1. The summed E-state index contributed by atoms with van der Waals surface area (Å²) in [7, 11) is 0. The van der Waals surface area contributed by atoms with E-state index in [0.29, 0.717) is 15.7 Å². The van der Waals surface area contributed by atoms with Crippen LogP contribution in [0.15, 0.2) is 11.0 Å². The molecule has 0 spiro atoms. The number of carbonyl (C=O) groups is 1. The maximum Gasteiger partial charge on any atom is 0.263 e. The fourth-order valence-electron chi connectivity index (χ4n) is 3.85. The topological polar surface area (TPSA) is 29.1 Å². The molecule has 1 amide bonds. The minimum absolute atomic E-state index is 0.00132. The average Bonchev–Trinajstić information content (AvgIpc) is 2.86. The van der Waals surface area contributed by atoms with E-state index in [4.69, 9.17) is 12.2 Å². The Morgan fingerprint density at radius 2 is 2.24 bits per heavy atom. The van der Waals surface area contributed by atoms with Crippen LogP contribution >= 0.6 is 24.0 Å². The zero-order chi connectivity index (χ0) is 12.2. The van der Waals surface area contributed by atoms with Gasteiger partial charge in [-0.05, 0) is 42.4 Å². The van der Waals surface area contributed by atoms with Gasteiger partial charge in [0.15, 0.2) is 0 Å². The quantitative estimate of drug-likeness (QED) is 0.585. The molecule has 1 saturated heterocycles. The summed E-state index contributed by atoms with van der Waals surface area (Å²) in [5, 5.41) is 2.70. The Morgan fingerprint density at radius 3 is 2.76 bits per heavy atom. The van der Waals surface area contributed by atoms with E-state index in [9.17, 15) is 4.79 Å².